The molecule has 0 saturated carbocycles. The number of amides is 2. The predicted octanol–water partition coefficient (Wildman–Crippen LogP) is 4.62. The van der Waals surface area contributed by atoms with Gasteiger partial charge in [-0.2, -0.15) is 5.10 Å². The maximum Gasteiger partial charge on any atom is 0.258 e. The Bertz CT molecular complexity index is 1230. The van der Waals surface area contributed by atoms with E-state index in [9.17, 15) is 9.59 Å². The summed E-state index contributed by atoms with van der Waals surface area (Å²) >= 11 is 6.54. The summed E-state index contributed by atoms with van der Waals surface area (Å²) in [6.07, 6.45) is 3.46. The zero-order valence-electron chi connectivity index (χ0n) is 21.0. The summed E-state index contributed by atoms with van der Waals surface area (Å²) < 4.78 is 1.77. The zero-order valence-corrected chi connectivity index (χ0v) is 21.7. The number of rotatable bonds is 4. The highest BCUT2D eigenvalue weighted by molar-refractivity contribution is 6.32. The van der Waals surface area contributed by atoms with Crippen LogP contribution in [0.5, 0.6) is 0 Å². The third-order valence-corrected chi connectivity index (χ3v) is 6.85. The Labute approximate surface area is 217 Å². The number of fused-ring (bicyclic) bond motifs is 2. The number of hydrogen-bond donors (Lipinski definition) is 3. The van der Waals surface area contributed by atoms with E-state index in [4.69, 9.17) is 11.6 Å². The van der Waals surface area contributed by atoms with E-state index in [1.165, 1.54) is 0 Å². The number of anilines is 3. The minimum absolute atomic E-state index is 0.0370. The van der Waals surface area contributed by atoms with Crippen molar-refractivity contribution in [2.24, 2.45) is 13.0 Å². The van der Waals surface area contributed by atoms with Crippen LogP contribution in [0.4, 0.5) is 17.2 Å². The molecule has 0 radical (unpaired) electrons. The summed E-state index contributed by atoms with van der Waals surface area (Å²) in [5, 5.41) is 14.4. The smallest absolute Gasteiger partial charge is 0.258 e. The van der Waals surface area contributed by atoms with Gasteiger partial charge in [0, 0.05) is 35.7 Å². The molecule has 1 fully saturated rings. The van der Waals surface area contributed by atoms with Crippen LogP contribution < -0.4 is 20.9 Å². The topological polar surface area (TPSA) is 91.3 Å². The molecule has 8 nitrogen and oxygen atoms in total. The Hall–Kier alpha value is -3.36. The van der Waals surface area contributed by atoms with E-state index in [1.807, 2.05) is 51.2 Å². The Morgan fingerprint density at radius 3 is 2.64 bits per heavy atom. The molecule has 36 heavy (non-hydrogen) atoms. The van der Waals surface area contributed by atoms with E-state index in [0.717, 1.165) is 54.3 Å². The number of piperidine rings is 1. The summed E-state index contributed by atoms with van der Waals surface area (Å²) in [7, 11) is 1.87. The van der Waals surface area contributed by atoms with Gasteiger partial charge in [-0.1, -0.05) is 43.6 Å². The van der Waals surface area contributed by atoms with Crippen LogP contribution in [0.2, 0.25) is 5.02 Å². The molecular formula is C27H33ClN6O2. The van der Waals surface area contributed by atoms with Gasteiger partial charge in [-0.05, 0) is 55.8 Å². The van der Waals surface area contributed by atoms with Crippen LogP contribution in [-0.4, -0.2) is 34.7 Å². The lowest BCUT2D eigenvalue weighted by atomic mass is 9.97. The predicted molar refractivity (Wildman–Crippen MR) is 144 cm³/mol. The van der Waals surface area contributed by atoms with Crippen molar-refractivity contribution in [2.45, 2.75) is 39.8 Å². The maximum absolute atomic E-state index is 13.6. The van der Waals surface area contributed by atoms with Crippen molar-refractivity contribution in [3.05, 3.63) is 70.4 Å². The van der Waals surface area contributed by atoms with E-state index < -0.39 is 0 Å². The maximum atomic E-state index is 13.6. The molecule has 2 aliphatic rings. The van der Waals surface area contributed by atoms with Gasteiger partial charge in [0.25, 0.3) is 5.91 Å². The first-order valence-electron chi connectivity index (χ1n) is 12.5. The SMILES string of the molecule is CC.Cn1ncc2c1Nc1ccccc1N(C(=O)c1ccc(CNC(=O)C3CCNCC3)c(Cl)c1)C2. The van der Waals surface area contributed by atoms with Crippen LogP contribution in [0.25, 0.3) is 0 Å². The molecule has 190 valence electrons. The normalized spacial score (nSPS) is 14.9. The minimum atomic E-state index is -0.154. The molecule has 2 aromatic carbocycles. The van der Waals surface area contributed by atoms with Crippen LogP contribution >= 0.6 is 11.6 Å². The fraction of sp³-hybridized carbons (Fsp3) is 0.370. The molecular weight excluding hydrogens is 476 g/mol. The highest BCUT2D eigenvalue weighted by Gasteiger charge is 2.27. The summed E-state index contributed by atoms with van der Waals surface area (Å²) in [5.41, 5.74) is 3.82. The average molecular weight is 509 g/mol. The Balaban J connectivity index is 0.00000148. The number of nitrogens with one attached hydrogen (secondary N) is 3. The molecule has 0 spiro atoms. The van der Waals surface area contributed by atoms with Gasteiger partial charge in [-0.15, -0.1) is 0 Å². The highest BCUT2D eigenvalue weighted by atomic mass is 35.5. The van der Waals surface area contributed by atoms with Gasteiger partial charge < -0.3 is 20.9 Å². The Morgan fingerprint density at radius 1 is 1.14 bits per heavy atom. The van der Waals surface area contributed by atoms with Crippen molar-refractivity contribution in [1.82, 2.24) is 20.4 Å². The number of carbonyl (C=O) groups is 2. The molecule has 0 aliphatic carbocycles. The molecule has 0 bridgehead atoms. The fourth-order valence-corrected chi connectivity index (χ4v) is 4.78. The van der Waals surface area contributed by atoms with Gasteiger partial charge in [0.1, 0.15) is 5.82 Å². The molecule has 3 aromatic rings. The number of halogens is 1. The van der Waals surface area contributed by atoms with Gasteiger partial charge in [-0.25, -0.2) is 0 Å². The number of para-hydroxylation sites is 2. The van der Waals surface area contributed by atoms with Crippen LogP contribution in [-0.2, 0) is 24.9 Å². The summed E-state index contributed by atoms with van der Waals surface area (Å²) in [4.78, 5) is 27.8. The van der Waals surface area contributed by atoms with Crippen molar-refractivity contribution in [3.8, 4) is 0 Å². The average Bonchev–Trinajstić information content (AvgIpc) is 3.16. The lowest BCUT2D eigenvalue weighted by Crippen LogP contribution is -2.37. The van der Waals surface area contributed by atoms with Gasteiger partial charge in [0.2, 0.25) is 5.91 Å². The Morgan fingerprint density at radius 2 is 1.89 bits per heavy atom. The van der Waals surface area contributed by atoms with Gasteiger partial charge in [-0.3, -0.25) is 14.3 Å². The summed E-state index contributed by atoms with van der Waals surface area (Å²) in [6, 6.07) is 13.0. The number of aromatic nitrogens is 2. The molecule has 9 heteroatoms. The first kappa shape index (κ1) is 25.7. The second-order valence-electron chi connectivity index (χ2n) is 8.72. The molecule has 0 unspecified atom stereocenters. The van der Waals surface area contributed by atoms with Gasteiger partial charge in [0.05, 0.1) is 24.1 Å². The number of aryl methyl sites for hydroxylation is 1. The molecule has 2 aliphatic heterocycles. The minimum Gasteiger partial charge on any atom is -0.352 e. The fourth-order valence-electron chi connectivity index (χ4n) is 4.53. The van der Waals surface area contributed by atoms with E-state index in [-0.39, 0.29) is 17.7 Å². The molecule has 3 heterocycles. The summed E-state index contributed by atoms with van der Waals surface area (Å²) in [5.74, 6) is 0.799. The van der Waals surface area contributed by atoms with Crippen LogP contribution in [0.3, 0.4) is 0 Å². The van der Waals surface area contributed by atoms with Crippen molar-refractivity contribution in [2.75, 3.05) is 23.3 Å². The lowest BCUT2D eigenvalue weighted by molar-refractivity contribution is -0.125. The lowest BCUT2D eigenvalue weighted by Gasteiger charge is -2.23. The Kier molecular flexibility index (Phi) is 8.28. The van der Waals surface area contributed by atoms with Crippen molar-refractivity contribution >= 4 is 40.6 Å². The number of benzene rings is 2. The third-order valence-electron chi connectivity index (χ3n) is 6.50. The largest absolute Gasteiger partial charge is 0.352 e. The van der Waals surface area contributed by atoms with Crippen molar-refractivity contribution in [3.63, 3.8) is 0 Å². The number of carbonyl (C=O) groups excluding carboxylic acids is 2. The first-order chi connectivity index (χ1) is 17.5. The van der Waals surface area contributed by atoms with Gasteiger partial charge in [0.15, 0.2) is 0 Å². The van der Waals surface area contributed by atoms with E-state index in [0.29, 0.717) is 23.7 Å². The molecule has 2 amide bonds. The first-order valence-corrected chi connectivity index (χ1v) is 12.8. The van der Waals surface area contributed by atoms with Crippen molar-refractivity contribution in [1.29, 1.82) is 0 Å². The molecule has 1 saturated heterocycles. The molecule has 3 N–H and O–H groups in total. The summed E-state index contributed by atoms with van der Waals surface area (Å²) in [6.45, 7) is 6.46. The second-order valence-corrected chi connectivity index (χ2v) is 9.13. The molecule has 0 atom stereocenters. The number of hydrogen-bond acceptors (Lipinski definition) is 5. The van der Waals surface area contributed by atoms with Crippen molar-refractivity contribution < 1.29 is 9.59 Å². The highest BCUT2D eigenvalue weighted by Crippen LogP contribution is 2.36. The monoisotopic (exact) mass is 508 g/mol. The van der Waals surface area contributed by atoms with Gasteiger partial charge >= 0.3 is 0 Å². The standard InChI is InChI=1S/C25H27ClN6O2.C2H6/c1-31-23-19(14-29-31)15-32(22-5-3-2-4-21(22)30-23)25(34)17-6-7-18(20(26)12-17)13-28-24(33)16-8-10-27-11-9-16;1-2/h2-7,12,14,16,27,30H,8-11,13,15H2,1H3,(H,28,33);1-2H3. The number of nitrogens with zero attached hydrogens (tertiary/aromatic N) is 3. The van der Waals surface area contributed by atoms with E-state index in [1.54, 1.807) is 27.9 Å². The van der Waals surface area contributed by atoms with E-state index in [2.05, 4.69) is 21.0 Å². The van der Waals surface area contributed by atoms with E-state index >= 15 is 0 Å². The molecule has 5 rings (SSSR count). The van der Waals surface area contributed by atoms with Crippen LogP contribution in [0.1, 0.15) is 48.2 Å². The quantitative estimate of drug-likeness (QED) is 0.478. The second kappa shape index (κ2) is 11.6. The molecule has 1 aromatic heterocycles. The van der Waals surface area contributed by atoms with Crippen LogP contribution in [0, 0.1) is 5.92 Å². The zero-order chi connectivity index (χ0) is 25.7. The van der Waals surface area contributed by atoms with Crippen LogP contribution in [0.15, 0.2) is 48.7 Å². The third kappa shape index (κ3) is 5.39.